The van der Waals surface area contributed by atoms with Gasteiger partial charge in [0.1, 0.15) is 11.6 Å². The smallest absolute Gasteiger partial charge is 0.257 e. The number of likely N-dealkylation sites (tertiary alicyclic amines) is 2. The van der Waals surface area contributed by atoms with Crippen molar-refractivity contribution in [3.63, 3.8) is 0 Å². The molecule has 0 radical (unpaired) electrons. The van der Waals surface area contributed by atoms with Gasteiger partial charge in [-0.25, -0.2) is 13.3 Å². The second-order valence-corrected chi connectivity index (χ2v) is 10.6. The van der Waals surface area contributed by atoms with Gasteiger partial charge in [-0.05, 0) is 87.9 Å². The van der Waals surface area contributed by atoms with Crippen molar-refractivity contribution in [3.05, 3.63) is 65.5 Å². The third kappa shape index (κ3) is 4.47. The van der Waals surface area contributed by atoms with Crippen LogP contribution in [0.5, 0.6) is 0 Å². The molecule has 1 amide bonds. The van der Waals surface area contributed by atoms with E-state index in [0.717, 1.165) is 62.7 Å². The predicted molar refractivity (Wildman–Crippen MR) is 135 cm³/mol. The number of carbonyl (C=O) groups is 1. The van der Waals surface area contributed by atoms with Crippen molar-refractivity contribution in [2.45, 2.75) is 44.6 Å². The van der Waals surface area contributed by atoms with Crippen LogP contribution in [-0.4, -0.2) is 64.6 Å². The van der Waals surface area contributed by atoms with Crippen molar-refractivity contribution >= 4 is 17.1 Å². The molecule has 0 aliphatic carbocycles. The molecule has 0 N–H and O–H groups in total. The Hall–Kier alpha value is -3.00. The quantitative estimate of drug-likeness (QED) is 0.507. The van der Waals surface area contributed by atoms with Crippen LogP contribution in [0.15, 0.2) is 42.7 Å². The summed E-state index contributed by atoms with van der Waals surface area (Å²) in [5, 5.41) is 4.44. The lowest BCUT2D eigenvalue weighted by atomic mass is 9.97. The largest absolute Gasteiger partial charge is 0.364 e. The number of aromatic nitrogens is 2. The van der Waals surface area contributed by atoms with E-state index in [-0.39, 0.29) is 17.8 Å². The number of pyridine rings is 1. The first-order valence-corrected chi connectivity index (χ1v) is 13.3. The summed E-state index contributed by atoms with van der Waals surface area (Å²) in [4.78, 5) is 20.3. The molecule has 190 valence electrons. The van der Waals surface area contributed by atoms with Gasteiger partial charge in [-0.15, -0.1) is 0 Å². The Bertz CT molecular complexity index is 1250. The van der Waals surface area contributed by atoms with Crippen LogP contribution in [0.2, 0.25) is 0 Å². The van der Waals surface area contributed by atoms with Gasteiger partial charge in [0.2, 0.25) is 0 Å². The molecule has 2 atom stereocenters. The fourth-order valence-corrected chi connectivity index (χ4v) is 6.38. The minimum absolute atomic E-state index is 0.0300. The Labute approximate surface area is 210 Å². The number of rotatable bonds is 5. The number of hydrogen-bond donors (Lipinski definition) is 0. The van der Waals surface area contributed by atoms with Gasteiger partial charge in [0.05, 0.1) is 23.3 Å². The maximum Gasteiger partial charge on any atom is 0.257 e. The van der Waals surface area contributed by atoms with E-state index in [1.54, 1.807) is 10.7 Å². The Kier molecular flexibility index (Phi) is 6.37. The number of carbonyl (C=O) groups excluding carboxylic acids is 1. The zero-order valence-corrected chi connectivity index (χ0v) is 20.6. The molecule has 3 fully saturated rings. The lowest BCUT2D eigenvalue weighted by Crippen LogP contribution is -2.43. The topological polar surface area (TPSA) is 44.1 Å². The second kappa shape index (κ2) is 9.81. The SMILES string of the molecule is O=C(c1cnn2ccc(N3CCCC3c3cc(F)ccc3F)cc12)N1CCCC(CN2CCCC2)C1. The van der Waals surface area contributed by atoms with Crippen LogP contribution in [0.4, 0.5) is 14.5 Å². The molecule has 6 nitrogen and oxygen atoms in total. The Morgan fingerprint density at radius 3 is 2.67 bits per heavy atom. The number of hydrogen-bond acceptors (Lipinski definition) is 4. The number of amides is 1. The van der Waals surface area contributed by atoms with Crippen molar-refractivity contribution in [1.82, 2.24) is 19.4 Å². The maximum atomic E-state index is 14.6. The van der Waals surface area contributed by atoms with Crippen molar-refractivity contribution in [2.75, 3.05) is 44.2 Å². The number of anilines is 1. The molecular weight excluding hydrogens is 460 g/mol. The summed E-state index contributed by atoms with van der Waals surface area (Å²) >= 11 is 0. The zero-order valence-electron chi connectivity index (χ0n) is 20.6. The van der Waals surface area contributed by atoms with E-state index in [4.69, 9.17) is 0 Å². The van der Waals surface area contributed by atoms with E-state index >= 15 is 0 Å². The van der Waals surface area contributed by atoms with Gasteiger partial charge in [-0.1, -0.05) is 0 Å². The van der Waals surface area contributed by atoms with Gasteiger partial charge < -0.3 is 14.7 Å². The third-order valence-corrected chi connectivity index (χ3v) is 8.16. The van der Waals surface area contributed by atoms with Crippen molar-refractivity contribution in [2.24, 2.45) is 5.92 Å². The molecule has 6 rings (SSSR count). The van der Waals surface area contributed by atoms with Crippen LogP contribution in [0.25, 0.3) is 5.52 Å². The maximum absolute atomic E-state index is 14.6. The summed E-state index contributed by atoms with van der Waals surface area (Å²) in [5.74, 6) is -0.266. The molecule has 3 aliphatic rings. The standard InChI is InChI=1S/C28H33F2N5O/c29-21-7-8-25(30)23(15-21)26-6-4-13-34(26)22-9-14-35-27(16-22)24(17-31-35)28(36)33-12-3-5-20(19-33)18-32-10-1-2-11-32/h7-9,14-17,20,26H,1-6,10-13,18-19H2. The summed E-state index contributed by atoms with van der Waals surface area (Å²) in [6.07, 6.45) is 9.93. The van der Waals surface area contributed by atoms with Gasteiger partial charge in [-0.3, -0.25) is 4.79 Å². The summed E-state index contributed by atoms with van der Waals surface area (Å²) in [5.41, 5.74) is 2.64. The average molecular weight is 494 g/mol. The number of benzene rings is 1. The normalized spacial score (nSPS) is 23.2. The fourth-order valence-electron chi connectivity index (χ4n) is 6.38. The highest BCUT2D eigenvalue weighted by Crippen LogP contribution is 2.38. The summed E-state index contributed by atoms with van der Waals surface area (Å²) in [6.45, 7) is 5.75. The predicted octanol–water partition coefficient (Wildman–Crippen LogP) is 4.90. The summed E-state index contributed by atoms with van der Waals surface area (Å²) < 4.78 is 30.2. The van der Waals surface area contributed by atoms with Crippen LogP contribution in [0, 0.1) is 17.6 Å². The Balaban J connectivity index is 1.24. The minimum Gasteiger partial charge on any atom is -0.364 e. The van der Waals surface area contributed by atoms with E-state index in [0.29, 0.717) is 17.0 Å². The molecule has 36 heavy (non-hydrogen) atoms. The number of fused-ring (bicyclic) bond motifs is 1. The van der Waals surface area contributed by atoms with Crippen molar-refractivity contribution < 1.29 is 13.6 Å². The fraction of sp³-hybridized carbons (Fsp3) is 0.500. The number of nitrogens with zero attached hydrogens (tertiary/aromatic N) is 5. The van der Waals surface area contributed by atoms with Gasteiger partial charge in [0, 0.05) is 43.6 Å². The van der Waals surface area contributed by atoms with Crippen LogP contribution in [0.1, 0.15) is 60.5 Å². The average Bonchev–Trinajstić information content (AvgIpc) is 3.66. The van der Waals surface area contributed by atoms with Crippen LogP contribution in [-0.2, 0) is 0 Å². The van der Waals surface area contributed by atoms with Crippen molar-refractivity contribution in [1.29, 1.82) is 0 Å². The molecule has 8 heteroatoms. The third-order valence-electron chi connectivity index (χ3n) is 8.16. The van der Waals surface area contributed by atoms with Gasteiger partial charge in [0.25, 0.3) is 5.91 Å². The molecule has 3 aromatic rings. The molecule has 0 saturated carbocycles. The molecule has 0 bridgehead atoms. The van der Waals surface area contributed by atoms with Crippen LogP contribution < -0.4 is 4.90 Å². The highest BCUT2D eigenvalue weighted by Gasteiger charge is 2.31. The highest BCUT2D eigenvalue weighted by atomic mass is 19.1. The molecule has 0 spiro atoms. The van der Waals surface area contributed by atoms with E-state index in [9.17, 15) is 13.6 Å². The molecule has 5 heterocycles. The lowest BCUT2D eigenvalue weighted by molar-refractivity contribution is 0.0650. The summed E-state index contributed by atoms with van der Waals surface area (Å²) in [7, 11) is 0. The molecular formula is C28H33F2N5O. The molecule has 2 aromatic heterocycles. The Morgan fingerprint density at radius 2 is 1.81 bits per heavy atom. The molecule has 2 unspecified atom stereocenters. The van der Waals surface area contributed by atoms with E-state index in [1.165, 1.54) is 44.5 Å². The van der Waals surface area contributed by atoms with E-state index in [1.807, 2.05) is 23.2 Å². The van der Waals surface area contributed by atoms with Crippen molar-refractivity contribution in [3.8, 4) is 0 Å². The van der Waals surface area contributed by atoms with Crippen LogP contribution >= 0.6 is 0 Å². The number of piperidine rings is 1. The summed E-state index contributed by atoms with van der Waals surface area (Å²) in [6, 6.07) is 7.34. The van der Waals surface area contributed by atoms with Crippen LogP contribution in [0.3, 0.4) is 0 Å². The minimum atomic E-state index is -0.429. The van der Waals surface area contributed by atoms with Gasteiger partial charge in [0.15, 0.2) is 0 Å². The first kappa shape index (κ1) is 23.4. The number of halogens is 2. The first-order valence-electron chi connectivity index (χ1n) is 13.3. The Morgan fingerprint density at radius 1 is 0.972 bits per heavy atom. The van der Waals surface area contributed by atoms with E-state index in [2.05, 4.69) is 14.9 Å². The highest BCUT2D eigenvalue weighted by molar-refractivity contribution is 6.01. The molecule has 1 aromatic carbocycles. The molecule has 3 aliphatic heterocycles. The second-order valence-electron chi connectivity index (χ2n) is 10.6. The lowest BCUT2D eigenvalue weighted by Gasteiger charge is -2.34. The first-order chi connectivity index (χ1) is 17.6. The monoisotopic (exact) mass is 493 g/mol. The van der Waals surface area contributed by atoms with E-state index < -0.39 is 5.82 Å². The van der Waals surface area contributed by atoms with Gasteiger partial charge >= 0.3 is 0 Å². The zero-order chi connectivity index (χ0) is 24.6. The molecule has 3 saturated heterocycles. The van der Waals surface area contributed by atoms with Gasteiger partial charge in [-0.2, -0.15) is 5.10 Å².